The van der Waals surface area contributed by atoms with Gasteiger partial charge in [-0.15, -0.1) is 0 Å². The molecule has 16 heavy (non-hydrogen) atoms. The smallest absolute Gasteiger partial charge is 0.105 e. The van der Waals surface area contributed by atoms with E-state index in [0.717, 1.165) is 31.3 Å². The highest BCUT2D eigenvalue weighted by Crippen LogP contribution is 2.30. The molecule has 0 spiro atoms. The molecule has 0 aliphatic carbocycles. The summed E-state index contributed by atoms with van der Waals surface area (Å²) in [6, 6.07) is 0. The molecule has 4 N–H and O–H groups in total. The van der Waals surface area contributed by atoms with Crippen molar-refractivity contribution < 1.29 is 20.4 Å². The van der Waals surface area contributed by atoms with Crippen molar-refractivity contribution in [2.75, 3.05) is 19.8 Å². The molecule has 0 unspecified atom stereocenters. The molecule has 0 saturated carbocycles. The molecule has 0 atom stereocenters. The lowest BCUT2D eigenvalue weighted by Crippen LogP contribution is -2.37. The first kappa shape index (κ1) is 15.4. The molecule has 0 bridgehead atoms. The zero-order valence-corrected chi connectivity index (χ0v) is 10.2. The maximum absolute atomic E-state index is 10.1. The number of rotatable bonds is 8. The Balaban J connectivity index is 5.14. The van der Waals surface area contributed by atoms with Gasteiger partial charge in [-0.05, 0) is 18.4 Å². The molecule has 0 rings (SSSR count). The van der Waals surface area contributed by atoms with Crippen molar-refractivity contribution in [3.05, 3.63) is 11.3 Å². The highest BCUT2D eigenvalue weighted by atomic mass is 16.3. The number of aliphatic hydroxyl groups is 4. The average Bonchev–Trinajstić information content (AvgIpc) is 2.31. The molecule has 4 nitrogen and oxygen atoms in total. The molecule has 4 heteroatoms. The van der Waals surface area contributed by atoms with E-state index in [2.05, 4.69) is 0 Å². The Kier molecular flexibility index (Phi) is 7.38. The van der Waals surface area contributed by atoms with Gasteiger partial charge in [0, 0.05) is 0 Å². The summed E-state index contributed by atoms with van der Waals surface area (Å²) >= 11 is 0. The van der Waals surface area contributed by atoms with Crippen LogP contribution in [0, 0.1) is 5.41 Å². The molecule has 0 radical (unpaired) electrons. The minimum atomic E-state index is -1.29. The van der Waals surface area contributed by atoms with Crippen molar-refractivity contribution in [1.29, 1.82) is 0 Å². The summed E-state index contributed by atoms with van der Waals surface area (Å²) < 4.78 is 0. The van der Waals surface area contributed by atoms with Gasteiger partial charge in [0.1, 0.15) is 5.76 Å². The maximum Gasteiger partial charge on any atom is 0.105 e. The number of aliphatic hydroxyl groups excluding tert-OH is 4. The Morgan fingerprint density at radius 2 is 1.25 bits per heavy atom. The van der Waals surface area contributed by atoms with Crippen LogP contribution in [0.3, 0.4) is 0 Å². The van der Waals surface area contributed by atoms with Crippen LogP contribution in [0.2, 0.25) is 0 Å². The van der Waals surface area contributed by atoms with Gasteiger partial charge in [-0.1, -0.05) is 26.7 Å². The number of hydrogen-bond acceptors (Lipinski definition) is 4. The second kappa shape index (κ2) is 7.65. The molecular weight excluding hydrogens is 208 g/mol. The summed E-state index contributed by atoms with van der Waals surface area (Å²) in [6.07, 6.45) is 3.22. The molecule has 0 amide bonds. The molecule has 96 valence electrons. The van der Waals surface area contributed by atoms with E-state index in [4.69, 9.17) is 0 Å². The Hall–Kier alpha value is -0.580. The van der Waals surface area contributed by atoms with Crippen LogP contribution in [0.15, 0.2) is 11.3 Å². The average molecular weight is 232 g/mol. The van der Waals surface area contributed by atoms with Gasteiger partial charge >= 0.3 is 0 Å². The highest BCUT2D eigenvalue weighted by molar-refractivity contribution is 5.16. The third-order valence-electron chi connectivity index (χ3n) is 2.85. The van der Waals surface area contributed by atoms with Gasteiger partial charge in [0.15, 0.2) is 0 Å². The predicted molar refractivity (Wildman–Crippen MR) is 63.2 cm³/mol. The van der Waals surface area contributed by atoms with E-state index in [-0.39, 0.29) is 5.76 Å². The van der Waals surface area contributed by atoms with Gasteiger partial charge in [-0.25, -0.2) is 0 Å². The molecule has 0 aliphatic rings. The van der Waals surface area contributed by atoms with Gasteiger partial charge in [-0.2, -0.15) is 0 Å². The van der Waals surface area contributed by atoms with E-state index in [1.54, 1.807) is 0 Å². The summed E-state index contributed by atoms with van der Waals surface area (Å²) in [7, 11) is 0. The third kappa shape index (κ3) is 3.47. The van der Waals surface area contributed by atoms with Crippen molar-refractivity contribution in [3.63, 3.8) is 0 Å². The summed E-state index contributed by atoms with van der Waals surface area (Å²) in [5.74, 6) is -0.0382. The molecule has 0 aromatic rings. The molecule has 0 heterocycles. The summed E-state index contributed by atoms with van der Waals surface area (Å²) in [5.41, 5.74) is -0.471. The van der Waals surface area contributed by atoms with Gasteiger partial charge in [0.05, 0.1) is 25.2 Å². The molecular formula is C12H24O4. The molecule has 0 fully saturated rings. The lowest BCUT2D eigenvalue weighted by molar-refractivity contribution is 0.00301. The fourth-order valence-corrected chi connectivity index (χ4v) is 1.72. The van der Waals surface area contributed by atoms with Crippen LogP contribution in [0.25, 0.3) is 0 Å². The van der Waals surface area contributed by atoms with Gasteiger partial charge in [-0.3, -0.25) is 0 Å². The Labute approximate surface area is 97.2 Å². The quantitative estimate of drug-likeness (QED) is 0.476. The minimum Gasteiger partial charge on any atom is -0.511 e. The minimum absolute atomic E-state index is 0.0382. The molecule has 0 saturated heterocycles. The van der Waals surface area contributed by atoms with E-state index in [9.17, 15) is 20.4 Å². The fraction of sp³-hybridized carbons (Fsp3) is 0.833. The van der Waals surface area contributed by atoms with E-state index in [1.807, 2.05) is 13.8 Å². The largest absolute Gasteiger partial charge is 0.511 e. The van der Waals surface area contributed by atoms with Crippen LogP contribution in [0.4, 0.5) is 0 Å². The van der Waals surface area contributed by atoms with Crippen LogP contribution >= 0.6 is 0 Å². The Bertz CT molecular complexity index is 203. The lowest BCUT2D eigenvalue weighted by Gasteiger charge is -2.29. The van der Waals surface area contributed by atoms with Crippen molar-refractivity contribution in [1.82, 2.24) is 0 Å². The van der Waals surface area contributed by atoms with E-state index < -0.39 is 25.2 Å². The van der Waals surface area contributed by atoms with Gasteiger partial charge in [0.2, 0.25) is 0 Å². The van der Waals surface area contributed by atoms with E-state index in [1.165, 1.54) is 0 Å². The number of hydrogen-bond donors (Lipinski definition) is 4. The Morgan fingerprint density at radius 3 is 1.50 bits per heavy atom. The number of allylic oxidation sites excluding steroid dienone is 1. The van der Waals surface area contributed by atoms with Crippen LogP contribution in [-0.2, 0) is 0 Å². The van der Waals surface area contributed by atoms with E-state index >= 15 is 0 Å². The maximum atomic E-state index is 10.1. The first-order valence-corrected chi connectivity index (χ1v) is 5.85. The first-order chi connectivity index (χ1) is 7.61. The van der Waals surface area contributed by atoms with Crippen molar-refractivity contribution in [2.45, 2.75) is 39.5 Å². The van der Waals surface area contributed by atoms with Crippen LogP contribution in [0.5, 0.6) is 0 Å². The topological polar surface area (TPSA) is 80.9 Å². The monoisotopic (exact) mass is 232 g/mol. The van der Waals surface area contributed by atoms with Crippen LogP contribution in [-0.4, -0.2) is 40.2 Å². The zero-order chi connectivity index (χ0) is 12.6. The zero-order valence-electron chi connectivity index (χ0n) is 10.2. The third-order valence-corrected chi connectivity index (χ3v) is 2.85. The Morgan fingerprint density at radius 1 is 0.875 bits per heavy atom. The summed E-state index contributed by atoms with van der Waals surface area (Å²) in [5, 5.41) is 37.7. The standard InChI is InChI=1S/C12H24O4/c1-3-5-10(6-4-2)11(16)12(7-13,8-14)9-15/h13-16H,3-9H2,1-2H3. The molecule has 0 aromatic carbocycles. The van der Waals surface area contributed by atoms with Crippen LogP contribution in [0.1, 0.15) is 39.5 Å². The van der Waals surface area contributed by atoms with Gasteiger partial charge < -0.3 is 20.4 Å². The molecule has 0 aliphatic heterocycles. The van der Waals surface area contributed by atoms with Crippen molar-refractivity contribution in [3.8, 4) is 0 Å². The first-order valence-electron chi connectivity index (χ1n) is 5.85. The molecule has 0 aromatic heterocycles. The predicted octanol–water partition coefficient (Wildman–Crippen LogP) is 1.36. The van der Waals surface area contributed by atoms with E-state index in [0.29, 0.717) is 0 Å². The lowest BCUT2D eigenvalue weighted by atomic mass is 9.84. The fourth-order valence-electron chi connectivity index (χ4n) is 1.72. The van der Waals surface area contributed by atoms with Crippen molar-refractivity contribution >= 4 is 0 Å². The van der Waals surface area contributed by atoms with Crippen molar-refractivity contribution in [2.24, 2.45) is 5.41 Å². The highest BCUT2D eigenvalue weighted by Gasteiger charge is 2.34. The second-order valence-corrected chi connectivity index (χ2v) is 4.21. The SMILES string of the molecule is CCCC(CCC)=C(O)C(CO)(CO)CO. The van der Waals surface area contributed by atoms with Crippen LogP contribution < -0.4 is 0 Å². The second-order valence-electron chi connectivity index (χ2n) is 4.21. The van der Waals surface area contributed by atoms with Gasteiger partial charge in [0.25, 0.3) is 0 Å². The summed E-state index contributed by atoms with van der Waals surface area (Å²) in [4.78, 5) is 0. The normalized spacial score (nSPS) is 11.6. The summed E-state index contributed by atoms with van der Waals surface area (Å²) in [6.45, 7) is 2.64.